The van der Waals surface area contributed by atoms with Gasteiger partial charge in [0.05, 0.1) is 23.1 Å². The summed E-state index contributed by atoms with van der Waals surface area (Å²) in [5.74, 6) is -7.60. The topological polar surface area (TPSA) is 168 Å². The molecule has 10 heteroatoms. The first-order chi connectivity index (χ1) is 15.7. The maximum absolute atomic E-state index is 13.3. The van der Waals surface area contributed by atoms with Gasteiger partial charge in [-0.2, -0.15) is 0 Å². The quantitative estimate of drug-likeness (QED) is 0.212. The molecule has 0 saturated heterocycles. The zero-order chi connectivity index (χ0) is 25.7. The molecule has 0 aromatic heterocycles. The van der Waals surface area contributed by atoms with Crippen molar-refractivity contribution in [3.8, 4) is 17.2 Å². The number of benzene rings is 1. The number of aliphatic hydroxyl groups is 1. The highest BCUT2D eigenvalue weighted by Gasteiger charge is 2.61. The molecule has 0 amide bonds. The normalized spacial score (nSPS) is 25.5. The summed E-state index contributed by atoms with van der Waals surface area (Å²) in [6.07, 6.45) is -0.389. The molecule has 0 bridgehead atoms. The smallest absolute Gasteiger partial charge is 0.302 e. The van der Waals surface area contributed by atoms with E-state index in [0.717, 1.165) is 13.8 Å². The van der Waals surface area contributed by atoms with Crippen molar-refractivity contribution in [2.45, 2.75) is 64.9 Å². The average Bonchev–Trinajstić information content (AvgIpc) is 2.73. The molecule has 3 rings (SSSR count). The van der Waals surface area contributed by atoms with Crippen LogP contribution in [0.25, 0.3) is 0 Å². The molecule has 2 aliphatic rings. The van der Waals surface area contributed by atoms with Gasteiger partial charge in [0.25, 0.3) is 0 Å². The highest BCUT2D eigenvalue weighted by Crippen LogP contribution is 2.61. The van der Waals surface area contributed by atoms with Gasteiger partial charge in [0, 0.05) is 36.2 Å². The van der Waals surface area contributed by atoms with E-state index in [1.54, 1.807) is 20.8 Å². The van der Waals surface area contributed by atoms with E-state index in [1.165, 1.54) is 0 Å². The number of ketones is 2. The zero-order valence-electron chi connectivity index (χ0n) is 19.8. The summed E-state index contributed by atoms with van der Waals surface area (Å²) in [7, 11) is 0. The van der Waals surface area contributed by atoms with Crippen molar-refractivity contribution in [2.24, 2.45) is 11.3 Å². The van der Waals surface area contributed by atoms with Crippen LogP contribution in [0.5, 0.6) is 17.2 Å². The molecule has 34 heavy (non-hydrogen) atoms. The third kappa shape index (κ3) is 3.79. The fourth-order valence-electron chi connectivity index (χ4n) is 5.66. The number of fused-ring (bicyclic) bond motifs is 3. The van der Waals surface area contributed by atoms with E-state index in [9.17, 15) is 39.6 Å². The molecule has 1 saturated carbocycles. The molecule has 1 aromatic carbocycles. The minimum atomic E-state index is -1.16. The summed E-state index contributed by atoms with van der Waals surface area (Å²) in [5.41, 5.74) is -3.07. The van der Waals surface area contributed by atoms with E-state index in [-0.39, 0.29) is 24.0 Å². The van der Waals surface area contributed by atoms with Gasteiger partial charge in [0.2, 0.25) is 11.6 Å². The van der Waals surface area contributed by atoms with Gasteiger partial charge < -0.3 is 29.9 Å². The molecule has 0 unspecified atom stereocenters. The summed E-state index contributed by atoms with van der Waals surface area (Å²) < 4.78 is 9.93. The van der Waals surface area contributed by atoms with Crippen LogP contribution in [0.2, 0.25) is 0 Å². The predicted molar refractivity (Wildman–Crippen MR) is 117 cm³/mol. The van der Waals surface area contributed by atoms with Crippen molar-refractivity contribution in [2.75, 3.05) is 13.2 Å². The Labute approximate surface area is 196 Å². The lowest BCUT2D eigenvalue weighted by atomic mass is 9.48. The van der Waals surface area contributed by atoms with Crippen molar-refractivity contribution >= 4 is 23.5 Å². The van der Waals surface area contributed by atoms with Gasteiger partial charge in [-0.1, -0.05) is 20.8 Å². The lowest BCUT2D eigenvalue weighted by Gasteiger charge is -2.54. The maximum atomic E-state index is 13.3. The highest BCUT2D eigenvalue weighted by molar-refractivity contribution is 6.47. The van der Waals surface area contributed by atoms with Gasteiger partial charge in [0.1, 0.15) is 19.0 Å². The van der Waals surface area contributed by atoms with Crippen LogP contribution in [0.1, 0.15) is 74.9 Å². The van der Waals surface area contributed by atoms with E-state index in [1.807, 2.05) is 0 Å². The van der Waals surface area contributed by atoms with Crippen LogP contribution in [0.3, 0.4) is 0 Å². The van der Waals surface area contributed by atoms with Gasteiger partial charge in [-0.25, -0.2) is 0 Å². The van der Waals surface area contributed by atoms with Crippen molar-refractivity contribution in [1.29, 1.82) is 0 Å². The molecule has 2 aliphatic carbocycles. The Morgan fingerprint density at radius 3 is 2.00 bits per heavy atom. The van der Waals surface area contributed by atoms with Gasteiger partial charge in [-0.15, -0.1) is 0 Å². The fourth-order valence-corrected chi connectivity index (χ4v) is 5.66. The third-order valence-corrected chi connectivity index (χ3v) is 7.30. The molecule has 0 aliphatic heterocycles. The minimum Gasteiger partial charge on any atom is -0.507 e. The first-order valence-electron chi connectivity index (χ1n) is 11.0. The zero-order valence-corrected chi connectivity index (χ0v) is 19.8. The standard InChI is InChI=1S/C24H30O10/c1-10(25)33-8-12(9-34-11(2)26)14-17(28)15-16(20(31)18(14)29)24(5)7-6-13(27)23(3,4)22(24)21(32)19(15)30/h12-13,22,27-29,31H,6-9H2,1-5H3/t13-,22+,24+/m1/s1. The Morgan fingerprint density at radius 2 is 1.50 bits per heavy atom. The van der Waals surface area contributed by atoms with Crippen LogP contribution >= 0.6 is 0 Å². The van der Waals surface area contributed by atoms with E-state index >= 15 is 0 Å². The number of hydrogen-bond donors (Lipinski definition) is 4. The van der Waals surface area contributed by atoms with Crippen molar-refractivity contribution in [3.63, 3.8) is 0 Å². The first kappa shape index (κ1) is 25.5. The Kier molecular flexibility index (Phi) is 6.43. The average molecular weight is 478 g/mol. The Balaban J connectivity index is 2.27. The van der Waals surface area contributed by atoms with Gasteiger partial charge in [-0.05, 0) is 12.8 Å². The van der Waals surface area contributed by atoms with E-state index in [2.05, 4.69) is 0 Å². The summed E-state index contributed by atoms with van der Waals surface area (Å²) >= 11 is 0. The molecule has 0 radical (unpaired) electrons. The molecule has 1 fully saturated rings. The summed E-state index contributed by atoms with van der Waals surface area (Å²) in [5, 5.41) is 43.7. The number of carbonyl (C=O) groups excluding carboxylic acids is 4. The van der Waals surface area contributed by atoms with E-state index in [4.69, 9.17) is 9.47 Å². The number of rotatable bonds is 5. The van der Waals surface area contributed by atoms with Crippen molar-refractivity contribution in [3.05, 3.63) is 16.7 Å². The number of Topliss-reactive ketones (excluding diaryl/α,β-unsaturated/α-hetero) is 2. The molecule has 186 valence electrons. The lowest BCUT2D eigenvalue weighted by molar-refractivity contribution is -0.144. The first-order valence-corrected chi connectivity index (χ1v) is 11.0. The monoisotopic (exact) mass is 478 g/mol. The van der Waals surface area contributed by atoms with Crippen LogP contribution in [0.15, 0.2) is 0 Å². The van der Waals surface area contributed by atoms with Gasteiger partial charge in [-0.3, -0.25) is 19.2 Å². The fraction of sp³-hybridized carbons (Fsp3) is 0.583. The van der Waals surface area contributed by atoms with Crippen molar-refractivity contribution < 1.29 is 49.1 Å². The van der Waals surface area contributed by atoms with Crippen LogP contribution in [0.4, 0.5) is 0 Å². The number of aliphatic hydroxyl groups excluding tert-OH is 1. The van der Waals surface area contributed by atoms with E-state index < -0.39 is 88.3 Å². The number of esters is 2. The molecule has 0 spiro atoms. The van der Waals surface area contributed by atoms with Gasteiger partial charge in [0.15, 0.2) is 11.5 Å². The van der Waals surface area contributed by atoms with E-state index in [0.29, 0.717) is 0 Å². The lowest BCUT2D eigenvalue weighted by Crippen LogP contribution is -2.59. The molecule has 0 heterocycles. The summed E-state index contributed by atoms with van der Waals surface area (Å²) in [6, 6.07) is 0. The minimum absolute atomic E-state index is 0.0699. The highest BCUT2D eigenvalue weighted by atomic mass is 16.5. The second kappa shape index (κ2) is 8.57. The third-order valence-electron chi connectivity index (χ3n) is 7.30. The molecular weight excluding hydrogens is 448 g/mol. The number of hydrogen-bond acceptors (Lipinski definition) is 10. The largest absolute Gasteiger partial charge is 0.507 e. The summed E-state index contributed by atoms with van der Waals surface area (Å²) in [6.45, 7) is 6.36. The number of phenols is 3. The number of aromatic hydroxyl groups is 3. The number of phenolic OH excluding ortho intramolecular Hbond substituents is 3. The SMILES string of the molecule is CC(=O)OCC(COC(C)=O)c1c(O)c(O)c2c(c1O)C(=O)C(=O)[C@H]1C(C)(C)[C@H](O)CC[C@@]21C. The molecule has 3 atom stereocenters. The Hall–Kier alpha value is -3.14. The van der Waals surface area contributed by atoms with Crippen LogP contribution in [0, 0.1) is 11.3 Å². The van der Waals surface area contributed by atoms with Crippen molar-refractivity contribution in [1.82, 2.24) is 0 Å². The molecule has 10 nitrogen and oxygen atoms in total. The second-order valence-corrected chi connectivity index (χ2v) is 9.93. The Morgan fingerprint density at radius 1 is 0.971 bits per heavy atom. The second-order valence-electron chi connectivity index (χ2n) is 9.93. The van der Waals surface area contributed by atoms with Crippen LogP contribution in [-0.2, 0) is 29.3 Å². The number of carbonyl (C=O) groups is 4. The summed E-state index contributed by atoms with van der Waals surface area (Å²) in [4.78, 5) is 49.2. The Bertz CT molecular complexity index is 1050. The predicted octanol–water partition coefficient (Wildman–Crippen LogP) is 1.83. The maximum Gasteiger partial charge on any atom is 0.302 e. The van der Waals surface area contributed by atoms with Crippen LogP contribution < -0.4 is 0 Å². The molecular formula is C24H30O10. The molecule has 1 aromatic rings. The number of ether oxygens (including phenoxy) is 2. The molecule has 4 N–H and O–H groups in total. The van der Waals surface area contributed by atoms with Crippen LogP contribution in [-0.4, -0.2) is 63.2 Å². The van der Waals surface area contributed by atoms with Gasteiger partial charge >= 0.3 is 11.9 Å².